The molecule has 0 aromatic rings. The molecule has 0 aliphatic rings. The second-order valence-electron chi connectivity index (χ2n) is 0.553. The van der Waals surface area contributed by atoms with E-state index in [1.165, 1.54) is 0 Å². The maximum atomic E-state index is 10.1. The van der Waals surface area contributed by atoms with Crippen LogP contribution in [0.15, 0.2) is 25.7 Å². The lowest BCUT2D eigenvalue weighted by Gasteiger charge is -1.71. The zero-order valence-electron chi connectivity index (χ0n) is 4.34. The summed E-state index contributed by atoms with van der Waals surface area (Å²) in [5, 5.41) is 0. The van der Waals surface area contributed by atoms with Crippen LogP contribution < -0.4 is 0 Å². The molecular formula is C5H7FO2. The molecule has 0 fully saturated rings. The van der Waals surface area contributed by atoms with Crippen LogP contribution in [0.2, 0.25) is 0 Å². The van der Waals surface area contributed by atoms with E-state index in [4.69, 9.17) is 4.79 Å². The topological polar surface area (TPSA) is 26.3 Å². The first-order valence-corrected chi connectivity index (χ1v) is 1.74. The van der Waals surface area contributed by atoms with Crippen LogP contribution in [0.25, 0.3) is 0 Å². The van der Waals surface area contributed by atoms with Gasteiger partial charge in [-0.3, -0.25) is 4.79 Å². The number of hydrogen-bond acceptors (Lipinski definition) is 2. The third-order valence-electron chi connectivity index (χ3n) is 0.152. The van der Waals surface area contributed by atoms with Crippen molar-refractivity contribution in [1.29, 1.82) is 0 Å². The van der Waals surface area contributed by atoms with Crippen LogP contribution >= 0.6 is 0 Å². The van der Waals surface area contributed by atoms with E-state index >= 15 is 0 Å². The van der Waals surface area contributed by atoms with Gasteiger partial charge in [-0.25, -0.2) is 4.39 Å². The van der Waals surface area contributed by atoms with Crippen molar-refractivity contribution in [3.63, 3.8) is 0 Å². The van der Waals surface area contributed by atoms with Crippen molar-refractivity contribution in [2.24, 2.45) is 0 Å². The molecule has 0 spiro atoms. The van der Waals surface area contributed by atoms with Gasteiger partial charge >= 0.3 is 0 Å². The molecule has 0 aromatic heterocycles. The summed E-state index contributed by atoms with van der Waals surface area (Å²) in [5.41, 5.74) is 0. The van der Waals surface area contributed by atoms with Crippen LogP contribution in [0.5, 0.6) is 0 Å². The lowest BCUT2D eigenvalue weighted by atomic mass is 11.1. The smallest absolute Gasteiger partial charge is 0.297 e. The molecule has 0 unspecified atom stereocenters. The van der Waals surface area contributed by atoms with Crippen LogP contribution in [0.1, 0.15) is 0 Å². The Morgan fingerprint density at radius 3 is 1.88 bits per heavy atom. The van der Waals surface area contributed by atoms with Crippen molar-refractivity contribution in [2.45, 2.75) is 0 Å². The minimum atomic E-state index is 0.250. The minimum Gasteiger partial charge on any atom is -0.437 e. The molecule has 0 N–H and O–H groups in total. The van der Waals surface area contributed by atoms with Gasteiger partial charge in [0.05, 0.1) is 12.6 Å². The molecule has 3 heteroatoms. The third-order valence-corrected chi connectivity index (χ3v) is 0.152. The van der Waals surface area contributed by atoms with Gasteiger partial charge in [0, 0.05) is 0 Å². The van der Waals surface area contributed by atoms with Gasteiger partial charge in [-0.05, 0) is 0 Å². The first kappa shape index (κ1) is 9.99. The molecule has 0 radical (unpaired) electrons. The Balaban J connectivity index is 0. The second kappa shape index (κ2) is 16.9. The van der Waals surface area contributed by atoms with Crippen molar-refractivity contribution in [3.05, 3.63) is 25.7 Å². The molecule has 0 aromatic carbocycles. The van der Waals surface area contributed by atoms with Crippen molar-refractivity contribution in [1.82, 2.24) is 0 Å². The Hall–Kier alpha value is -1.12. The molecule has 0 heterocycles. The lowest BCUT2D eigenvalue weighted by Crippen LogP contribution is -1.66. The predicted molar refractivity (Wildman–Crippen MR) is 28.7 cm³/mol. The molecule has 0 saturated carbocycles. The molecular weight excluding hydrogens is 111 g/mol. The first-order valence-electron chi connectivity index (χ1n) is 1.74. The Labute approximate surface area is 47.3 Å². The molecule has 8 heavy (non-hydrogen) atoms. The summed E-state index contributed by atoms with van der Waals surface area (Å²) in [6.07, 6.45) is 1.31. The van der Waals surface area contributed by atoms with Crippen LogP contribution in [0.3, 0.4) is 0 Å². The molecule has 0 bridgehead atoms. The highest BCUT2D eigenvalue weighted by Crippen LogP contribution is 1.55. The summed E-state index contributed by atoms with van der Waals surface area (Å²) in [6.45, 7) is 6.10. The van der Waals surface area contributed by atoms with Crippen molar-refractivity contribution in [3.8, 4) is 0 Å². The molecule has 0 saturated heterocycles. The van der Waals surface area contributed by atoms with E-state index in [1.807, 2.05) is 0 Å². The van der Waals surface area contributed by atoms with Crippen molar-refractivity contribution >= 4 is 6.47 Å². The summed E-state index contributed by atoms with van der Waals surface area (Å²) in [5.74, 6) is 0. The minimum absolute atomic E-state index is 0.250. The normalized spacial score (nSPS) is 5.12. The second-order valence-corrected chi connectivity index (χ2v) is 0.553. The Morgan fingerprint density at radius 1 is 1.50 bits per heavy atom. The van der Waals surface area contributed by atoms with Gasteiger partial charge < -0.3 is 4.74 Å². The van der Waals surface area contributed by atoms with Gasteiger partial charge in [0.25, 0.3) is 6.47 Å². The molecule has 46 valence electrons. The molecule has 0 amide bonds. The van der Waals surface area contributed by atoms with Crippen LogP contribution in [-0.4, -0.2) is 6.47 Å². The number of carbonyl (C=O) groups is 1. The maximum Gasteiger partial charge on any atom is 0.297 e. The molecule has 0 aliphatic carbocycles. The SMILES string of the molecule is C=CF.C=COC=O. The summed E-state index contributed by atoms with van der Waals surface area (Å²) in [7, 11) is 0. The van der Waals surface area contributed by atoms with E-state index < -0.39 is 0 Å². The average molecular weight is 118 g/mol. The predicted octanol–water partition coefficient (Wildman–Crippen LogP) is 1.40. The number of carbonyl (C=O) groups excluding carboxylic acids is 1. The Morgan fingerprint density at radius 2 is 1.88 bits per heavy atom. The first-order chi connectivity index (χ1) is 3.83. The van der Waals surface area contributed by atoms with Crippen molar-refractivity contribution < 1.29 is 13.9 Å². The van der Waals surface area contributed by atoms with E-state index in [-0.39, 0.29) is 6.33 Å². The quantitative estimate of drug-likeness (QED) is 0.404. The van der Waals surface area contributed by atoms with Gasteiger partial charge in [-0.15, -0.1) is 0 Å². The Kier molecular flexibility index (Phi) is 21.1. The van der Waals surface area contributed by atoms with E-state index in [9.17, 15) is 4.39 Å². The van der Waals surface area contributed by atoms with Crippen molar-refractivity contribution in [2.75, 3.05) is 0 Å². The monoisotopic (exact) mass is 118 g/mol. The highest BCUT2D eigenvalue weighted by Gasteiger charge is 1.52. The van der Waals surface area contributed by atoms with Gasteiger partial charge in [-0.2, -0.15) is 0 Å². The standard InChI is InChI=1S/C3H4O2.C2H3F/c1-2-5-3-4;1-2-3/h2-3H,1H2;2H,1H2. The fourth-order valence-electron chi connectivity index (χ4n) is 0.0393. The summed E-state index contributed by atoms with van der Waals surface area (Å²) in [6, 6.07) is 0. The molecule has 0 rings (SSSR count). The van der Waals surface area contributed by atoms with Gasteiger partial charge in [0.15, 0.2) is 0 Å². The average Bonchev–Trinajstić information content (AvgIpc) is 1.71. The molecule has 0 atom stereocenters. The number of rotatable bonds is 2. The molecule has 2 nitrogen and oxygen atoms in total. The van der Waals surface area contributed by atoms with E-state index in [1.54, 1.807) is 0 Å². The Bertz CT molecular complexity index is 64.8. The summed E-state index contributed by atoms with van der Waals surface area (Å²) >= 11 is 0. The van der Waals surface area contributed by atoms with E-state index in [0.717, 1.165) is 6.26 Å². The third kappa shape index (κ3) is 94.9. The van der Waals surface area contributed by atoms with E-state index in [0.29, 0.717) is 6.47 Å². The summed E-state index contributed by atoms with van der Waals surface area (Å²) in [4.78, 5) is 9.11. The van der Waals surface area contributed by atoms with E-state index in [2.05, 4.69) is 17.9 Å². The number of ether oxygens (including phenoxy) is 1. The van der Waals surface area contributed by atoms with Crippen LogP contribution in [0, 0.1) is 0 Å². The van der Waals surface area contributed by atoms with Crippen LogP contribution in [-0.2, 0) is 9.53 Å². The fourth-order valence-corrected chi connectivity index (χ4v) is 0.0393. The zero-order valence-corrected chi connectivity index (χ0v) is 4.34. The van der Waals surface area contributed by atoms with Gasteiger partial charge in [-0.1, -0.05) is 13.2 Å². The number of halogens is 1. The zero-order chi connectivity index (χ0) is 6.83. The highest BCUT2D eigenvalue weighted by atomic mass is 19.1. The summed E-state index contributed by atoms with van der Waals surface area (Å²) < 4.78 is 14.0. The van der Waals surface area contributed by atoms with Gasteiger partial charge in [0.2, 0.25) is 0 Å². The molecule has 0 aliphatic heterocycles. The number of hydrogen-bond donors (Lipinski definition) is 0. The maximum absolute atomic E-state index is 10.1. The largest absolute Gasteiger partial charge is 0.437 e. The highest BCUT2D eigenvalue weighted by molar-refractivity contribution is 5.37. The van der Waals surface area contributed by atoms with Gasteiger partial charge in [0.1, 0.15) is 0 Å². The fraction of sp³-hybridized carbons (Fsp3) is 0. The van der Waals surface area contributed by atoms with Crippen LogP contribution in [0.4, 0.5) is 4.39 Å². The lowest BCUT2D eigenvalue weighted by molar-refractivity contribution is -0.123.